The summed E-state index contributed by atoms with van der Waals surface area (Å²) >= 11 is -0.412. The molecule has 3 fully saturated rings. The molecule has 3 heterocycles. The summed E-state index contributed by atoms with van der Waals surface area (Å²) in [7, 11) is 1.21. The third-order valence-electron chi connectivity index (χ3n) is 9.81. The van der Waals surface area contributed by atoms with Gasteiger partial charge in [-0.05, 0) is 0 Å². The molecule has 394 valence electrons. The molecule has 0 radical (unpaired) electrons. The van der Waals surface area contributed by atoms with Gasteiger partial charge in [0.2, 0.25) is 0 Å². The van der Waals surface area contributed by atoms with Gasteiger partial charge in [0.15, 0.2) is 18.3 Å². The van der Waals surface area contributed by atoms with Gasteiger partial charge in [-0.2, -0.15) is 0 Å². The SMILES string of the molecule is CC(=O)OCC1OC(OC2C(COC(C)=O)OC(OC3C(COC(C)=O)OC(S[Se]c4ccccc4)C(OC(C)=O)C3OC(C)=O)C(OC(C)=O)C2OC(C)=O)C(OC(C)=O)C(OC(C)=O)C1OC(C)=O. The molecule has 71 heavy (non-hydrogen) atoms. The zero-order chi connectivity index (χ0) is 52.7. The van der Waals surface area contributed by atoms with Crippen molar-refractivity contribution < 1.29 is 119 Å². The Morgan fingerprint density at radius 1 is 0.394 bits per heavy atom. The molecule has 0 saturated carbocycles. The molecule has 15 unspecified atom stereocenters. The van der Waals surface area contributed by atoms with Crippen molar-refractivity contribution in [2.24, 2.45) is 0 Å². The standard InChI is InChI=1S/C44H56O25SSe/c1-19(45)55-16-30-33(58-22(4)48)36(59-23(5)49)39(62-26(8)52)42(65-30)68-34-31(17-56-20(2)46)66-43(40(63-27(9)53)37(34)60-24(6)50)69-35-32(18-57-21(3)47)67-44(70-71-29-14-12-11-13-15-29)41(64-28(10)54)38(35)61-25(7)51/h11-15,30-44H,16-18H2,1-10H3. The Labute approximate surface area is 416 Å². The Balaban J connectivity index is 1.90. The number of ether oxygens (including phenoxy) is 15. The quantitative estimate of drug-likeness (QED) is 0.0929. The van der Waals surface area contributed by atoms with Crippen LogP contribution in [0.3, 0.4) is 0 Å². The maximum atomic E-state index is 13.1. The number of hydrogen-bond acceptors (Lipinski definition) is 26. The minimum Gasteiger partial charge on any atom is -0.455 e. The summed E-state index contributed by atoms with van der Waals surface area (Å²) in [6.07, 6.45) is -24.1. The van der Waals surface area contributed by atoms with E-state index in [1.807, 2.05) is 30.3 Å². The second-order valence-corrected chi connectivity index (χ2v) is 19.8. The summed E-state index contributed by atoms with van der Waals surface area (Å²) in [6, 6.07) is 9.17. The molecule has 0 aliphatic carbocycles. The molecule has 4 rings (SSSR count). The first-order valence-corrected chi connectivity index (χ1v) is 25.5. The van der Waals surface area contributed by atoms with Crippen LogP contribution in [0.1, 0.15) is 69.2 Å². The van der Waals surface area contributed by atoms with Gasteiger partial charge in [0.05, 0.1) is 0 Å². The zero-order valence-corrected chi connectivity index (χ0v) is 42.7. The van der Waals surface area contributed by atoms with Crippen LogP contribution in [0.25, 0.3) is 0 Å². The number of carbonyl (C=O) groups excluding carboxylic acids is 10. The summed E-state index contributed by atoms with van der Waals surface area (Å²) in [5.74, 6) is -9.12. The van der Waals surface area contributed by atoms with E-state index in [-0.39, 0.29) is 0 Å². The van der Waals surface area contributed by atoms with E-state index < -0.39 is 185 Å². The van der Waals surface area contributed by atoms with E-state index in [0.717, 1.165) is 73.7 Å². The average Bonchev–Trinajstić information content (AvgIpc) is 3.25. The van der Waals surface area contributed by atoms with Crippen LogP contribution in [0.4, 0.5) is 0 Å². The molecule has 1 aromatic rings. The Kier molecular flexibility index (Phi) is 22.5. The molecule has 25 nitrogen and oxygen atoms in total. The monoisotopic (exact) mass is 1100 g/mol. The number of esters is 10. The van der Waals surface area contributed by atoms with Crippen LogP contribution in [-0.4, -0.2) is 185 Å². The zero-order valence-electron chi connectivity index (χ0n) is 40.2. The molecule has 27 heteroatoms. The average molecular weight is 1100 g/mol. The second kappa shape index (κ2) is 27.4. The molecule has 0 bridgehead atoms. The third kappa shape index (κ3) is 18.0. The van der Waals surface area contributed by atoms with Crippen LogP contribution in [0.15, 0.2) is 30.3 Å². The van der Waals surface area contributed by atoms with Gasteiger partial charge in [-0.3, -0.25) is 24.0 Å². The van der Waals surface area contributed by atoms with E-state index in [4.69, 9.17) is 71.1 Å². The van der Waals surface area contributed by atoms with E-state index >= 15 is 0 Å². The smallest absolute Gasteiger partial charge is 0.455 e. The molecule has 0 amide bonds. The summed E-state index contributed by atoms with van der Waals surface area (Å²) in [5, 5.41) is 0. The van der Waals surface area contributed by atoms with E-state index in [9.17, 15) is 47.9 Å². The van der Waals surface area contributed by atoms with Crippen molar-refractivity contribution in [1.82, 2.24) is 0 Å². The summed E-state index contributed by atoms with van der Waals surface area (Å²) in [5.41, 5.74) is -1.09. The predicted octanol–water partition coefficient (Wildman–Crippen LogP) is -0.179. The van der Waals surface area contributed by atoms with Crippen molar-refractivity contribution in [2.75, 3.05) is 19.8 Å². The Bertz CT molecular complexity index is 2070. The minimum atomic E-state index is -1.97. The number of benzene rings is 1. The van der Waals surface area contributed by atoms with Crippen LogP contribution in [0.2, 0.25) is 0 Å². The Morgan fingerprint density at radius 2 is 0.704 bits per heavy atom. The number of carbonyl (C=O) groups is 10. The van der Waals surface area contributed by atoms with Crippen molar-refractivity contribution in [3.63, 3.8) is 0 Å². The molecule has 1 aromatic carbocycles. The fraction of sp³-hybridized carbons (Fsp3) is 0.636. The third-order valence-corrected chi connectivity index (χ3v) is 14.2. The van der Waals surface area contributed by atoms with Gasteiger partial charge >= 0.3 is 305 Å². The first-order chi connectivity index (χ1) is 33.4. The molecule has 3 aliphatic rings. The number of rotatable bonds is 20. The molecule has 0 N–H and O–H groups in total. The van der Waals surface area contributed by atoms with Gasteiger partial charge in [-0.1, -0.05) is 0 Å². The Morgan fingerprint density at radius 3 is 1.08 bits per heavy atom. The van der Waals surface area contributed by atoms with Crippen LogP contribution in [0.5, 0.6) is 0 Å². The summed E-state index contributed by atoms with van der Waals surface area (Å²) in [4.78, 5) is 126. The molecule has 0 spiro atoms. The van der Waals surface area contributed by atoms with Crippen LogP contribution >= 0.6 is 10.2 Å². The van der Waals surface area contributed by atoms with E-state index in [2.05, 4.69) is 0 Å². The minimum absolute atomic E-state index is 0.412. The first kappa shape index (κ1) is 58.2. The van der Waals surface area contributed by atoms with Gasteiger partial charge in [-0.15, -0.1) is 0 Å². The van der Waals surface area contributed by atoms with Crippen molar-refractivity contribution in [3.8, 4) is 0 Å². The van der Waals surface area contributed by atoms with Gasteiger partial charge in [0.1, 0.15) is 12.7 Å². The Hall–Kier alpha value is -5.41. The van der Waals surface area contributed by atoms with Crippen molar-refractivity contribution in [3.05, 3.63) is 30.3 Å². The fourth-order valence-corrected chi connectivity index (χ4v) is 11.5. The van der Waals surface area contributed by atoms with Gasteiger partial charge < -0.3 is 23.7 Å². The van der Waals surface area contributed by atoms with E-state index in [1.165, 1.54) is 10.2 Å². The van der Waals surface area contributed by atoms with Crippen molar-refractivity contribution >= 4 is 88.2 Å². The number of hydrogen-bond donors (Lipinski definition) is 0. The fourth-order valence-electron chi connectivity index (χ4n) is 7.41. The molecule has 3 saturated heterocycles. The topological polar surface area (TPSA) is 309 Å². The first-order valence-electron chi connectivity index (χ1n) is 21.7. The summed E-state index contributed by atoms with van der Waals surface area (Å²) < 4.78 is 88.3. The van der Waals surface area contributed by atoms with E-state index in [0.29, 0.717) is 0 Å². The molecular weight excluding hydrogens is 1040 g/mol. The second-order valence-electron chi connectivity index (χ2n) is 15.7. The van der Waals surface area contributed by atoms with Crippen LogP contribution < -0.4 is 4.46 Å². The van der Waals surface area contributed by atoms with E-state index in [1.54, 1.807) is 0 Å². The summed E-state index contributed by atoms with van der Waals surface area (Å²) in [6.45, 7) is 8.32. The van der Waals surface area contributed by atoms with Crippen molar-refractivity contribution in [2.45, 2.75) is 161 Å². The predicted molar refractivity (Wildman–Crippen MR) is 234 cm³/mol. The van der Waals surface area contributed by atoms with Crippen LogP contribution in [-0.2, 0) is 119 Å². The molecule has 0 aromatic heterocycles. The van der Waals surface area contributed by atoms with Gasteiger partial charge in [0, 0.05) is 34.6 Å². The maximum absolute atomic E-state index is 13.1. The molecular formula is C44H56O25SSe. The molecule has 15 atom stereocenters. The molecule has 3 aliphatic heterocycles. The van der Waals surface area contributed by atoms with Crippen LogP contribution in [0, 0.1) is 0 Å². The van der Waals surface area contributed by atoms with Gasteiger partial charge in [0.25, 0.3) is 0 Å². The normalized spacial score (nSPS) is 30.2. The van der Waals surface area contributed by atoms with Crippen molar-refractivity contribution in [1.29, 1.82) is 0 Å². The van der Waals surface area contributed by atoms with Gasteiger partial charge in [-0.25, -0.2) is 0 Å².